The van der Waals surface area contributed by atoms with Gasteiger partial charge in [0.15, 0.2) is 0 Å². The van der Waals surface area contributed by atoms with Gasteiger partial charge in [-0.1, -0.05) is 13.8 Å². The monoisotopic (exact) mass is 270 g/mol. The Morgan fingerprint density at radius 1 is 1.37 bits per heavy atom. The van der Waals surface area contributed by atoms with Crippen molar-refractivity contribution in [1.82, 2.24) is 5.32 Å². The van der Waals surface area contributed by atoms with Gasteiger partial charge < -0.3 is 16.2 Å². The molecule has 1 rings (SSSR count). The molecule has 4 heteroatoms. The third-order valence-electron chi connectivity index (χ3n) is 4.04. The zero-order valence-corrected chi connectivity index (χ0v) is 12.6. The van der Waals surface area contributed by atoms with Crippen LogP contribution in [-0.4, -0.2) is 29.7 Å². The maximum atomic E-state index is 12.1. The van der Waals surface area contributed by atoms with Gasteiger partial charge in [0.1, 0.15) is 0 Å². The minimum absolute atomic E-state index is 0.0968. The highest BCUT2D eigenvalue weighted by Crippen LogP contribution is 2.28. The third-order valence-corrected chi connectivity index (χ3v) is 4.04. The van der Waals surface area contributed by atoms with Gasteiger partial charge in [0, 0.05) is 12.5 Å². The Hall–Kier alpha value is -0.610. The number of rotatable bonds is 6. The van der Waals surface area contributed by atoms with E-state index in [2.05, 4.69) is 19.2 Å². The summed E-state index contributed by atoms with van der Waals surface area (Å²) >= 11 is 0. The number of nitrogens with two attached hydrogens (primary N) is 1. The number of hydrogen-bond donors (Lipinski definition) is 3. The van der Waals surface area contributed by atoms with Crippen molar-refractivity contribution in [2.45, 2.75) is 58.5 Å². The molecule has 1 aliphatic rings. The molecule has 0 aromatic carbocycles. The van der Waals surface area contributed by atoms with E-state index in [0.717, 1.165) is 32.2 Å². The first-order chi connectivity index (χ1) is 8.84. The van der Waals surface area contributed by atoms with Gasteiger partial charge in [-0.05, 0) is 57.4 Å². The first-order valence-corrected chi connectivity index (χ1v) is 7.54. The van der Waals surface area contributed by atoms with E-state index in [9.17, 15) is 9.90 Å². The first kappa shape index (κ1) is 16.4. The molecule has 0 aliphatic heterocycles. The SMILES string of the molecule is CC(C)CC(C)(O)CNC(=O)C1CCC(CN)CC1. The van der Waals surface area contributed by atoms with Crippen molar-refractivity contribution >= 4 is 5.91 Å². The molecule has 0 aromatic heterocycles. The number of carbonyl (C=O) groups excluding carboxylic acids is 1. The molecule has 4 nitrogen and oxygen atoms in total. The molecule has 1 amide bonds. The average Bonchev–Trinajstić information content (AvgIpc) is 2.34. The van der Waals surface area contributed by atoms with Crippen LogP contribution in [0.5, 0.6) is 0 Å². The third kappa shape index (κ3) is 5.91. The standard InChI is InChI=1S/C15H30N2O2/c1-11(2)8-15(3,19)10-17-14(18)13-6-4-12(9-16)5-7-13/h11-13,19H,4-10,16H2,1-3H3,(H,17,18). The molecule has 112 valence electrons. The van der Waals surface area contributed by atoms with E-state index in [1.54, 1.807) is 6.92 Å². The van der Waals surface area contributed by atoms with Gasteiger partial charge in [-0.3, -0.25) is 4.79 Å². The lowest BCUT2D eigenvalue weighted by Crippen LogP contribution is -2.44. The fourth-order valence-electron chi connectivity index (χ4n) is 3.03. The van der Waals surface area contributed by atoms with Crippen LogP contribution in [0.15, 0.2) is 0 Å². The lowest BCUT2D eigenvalue weighted by Gasteiger charge is -2.29. The summed E-state index contributed by atoms with van der Waals surface area (Å²) in [6, 6.07) is 0. The van der Waals surface area contributed by atoms with E-state index in [4.69, 9.17) is 5.73 Å². The quantitative estimate of drug-likeness (QED) is 0.687. The second-order valence-electron chi connectivity index (χ2n) is 6.77. The molecule has 0 saturated heterocycles. The summed E-state index contributed by atoms with van der Waals surface area (Å²) in [4.78, 5) is 12.1. The second-order valence-corrected chi connectivity index (χ2v) is 6.77. The number of amides is 1. The lowest BCUT2D eigenvalue weighted by atomic mass is 9.81. The minimum atomic E-state index is -0.807. The van der Waals surface area contributed by atoms with Crippen LogP contribution in [0, 0.1) is 17.8 Å². The topological polar surface area (TPSA) is 75.3 Å². The van der Waals surface area contributed by atoms with Gasteiger partial charge in [-0.25, -0.2) is 0 Å². The molecule has 1 aliphatic carbocycles. The largest absolute Gasteiger partial charge is 0.388 e. The van der Waals surface area contributed by atoms with Crippen LogP contribution in [0.3, 0.4) is 0 Å². The molecular formula is C15H30N2O2. The van der Waals surface area contributed by atoms with E-state index >= 15 is 0 Å². The molecule has 0 aromatic rings. The van der Waals surface area contributed by atoms with Crippen molar-refractivity contribution in [3.05, 3.63) is 0 Å². The summed E-state index contributed by atoms with van der Waals surface area (Å²) in [6.07, 6.45) is 4.67. The van der Waals surface area contributed by atoms with Gasteiger partial charge in [0.25, 0.3) is 0 Å². The van der Waals surface area contributed by atoms with Crippen LogP contribution in [-0.2, 0) is 4.79 Å². The van der Waals surface area contributed by atoms with Gasteiger partial charge in [0.05, 0.1) is 5.60 Å². The molecular weight excluding hydrogens is 240 g/mol. The molecule has 1 atom stereocenters. The molecule has 0 bridgehead atoms. The normalized spacial score (nSPS) is 27.1. The molecule has 4 N–H and O–H groups in total. The molecule has 1 saturated carbocycles. The van der Waals surface area contributed by atoms with Crippen molar-refractivity contribution in [3.8, 4) is 0 Å². The van der Waals surface area contributed by atoms with E-state index < -0.39 is 5.60 Å². The summed E-state index contributed by atoms with van der Waals surface area (Å²) in [6.45, 7) is 7.02. The fourth-order valence-corrected chi connectivity index (χ4v) is 3.03. The summed E-state index contributed by atoms with van der Waals surface area (Å²) in [7, 11) is 0. The van der Waals surface area contributed by atoms with E-state index in [1.165, 1.54) is 0 Å². The second kappa shape index (κ2) is 7.25. The van der Waals surface area contributed by atoms with Gasteiger partial charge in [-0.2, -0.15) is 0 Å². The fraction of sp³-hybridized carbons (Fsp3) is 0.933. The minimum Gasteiger partial charge on any atom is -0.388 e. The van der Waals surface area contributed by atoms with Crippen LogP contribution in [0.25, 0.3) is 0 Å². The van der Waals surface area contributed by atoms with Gasteiger partial charge in [0.2, 0.25) is 5.91 Å². The molecule has 1 unspecified atom stereocenters. The van der Waals surface area contributed by atoms with Gasteiger partial charge >= 0.3 is 0 Å². The van der Waals surface area contributed by atoms with Gasteiger partial charge in [-0.15, -0.1) is 0 Å². The van der Waals surface area contributed by atoms with Crippen molar-refractivity contribution < 1.29 is 9.90 Å². The van der Waals surface area contributed by atoms with E-state index in [0.29, 0.717) is 24.8 Å². The van der Waals surface area contributed by atoms with Crippen LogP contribution < -0.4 is 11.1 Å². The van der Waals surface area contributed by atoms with Crippen molar-refractivity contribution in [3.63, 3.8) is 0 Å². The zero-order chi connectivity index (χ0) is 14.5. The molecule has 0 spiro atoms. The number of aliphatic hydroxyl groups is 1. The summed E-state index contributed by atoms with van der Waals surface area (Å²) < 4.78 is 0. The first-order valence-electron chi connectivity index (χ1n) is 7.54. The summed E-state index contributed by atoms with van der Waals surface area (Å²) in [5, 5.41) is 13.1. The van der Waals surface area contributed by atoms with Crippen molar-refractivity contribution in [2.24, 2.45) is 23.5 Å². The predicted molar refractivity (Wildman–Crippen MR) is 77.6 cm³/mol. The smallest absolute Gasteiger partial charge is 0.223 e. The lowest BCUT2D eigenvalue weighted by molar-refractivity contribution is -0.127. The van der Waals surface area contributed by atoms with Crippen LogP contribution in [0.4, 0.5) is 0 Å². The van der Waals surface area contributed by atoms with E-state index in [1.807, 2.05) is 0 Å². The number of carbonyl (C=O) groups is 1. The molecule has 1 fully saturated rings. The summed E-state index contributed by atoms with van der Waals surface area (Å²) in [5.74, 6) is 1.22. The molecule has 19 heavy (non-hydrogen) atoms. The molecule has 0 heterocycles. The van der Waals surface area contributed by atoms with Crippen LogP contribution >= 0.6 is 0 Å². The Balaban J connectivity index is 2.32. The number of hydrogen-bond acceptors (Lipinski definition) is 3. The predicted octanol–water partition coefficient (Wildman–Crippen LogP) is 1.66. The summed E-state index contributed by atoms with van der Waals surface area (Å²) in [5.41, 5.74) is 4.85. The van der Waals surface area contributed by atoms with Crippen molar-refractivity contribution in [2.75, 3.05) is 13.1 Å². The Kier molecular flexibility index (Phi) is 6.27. The molecule has 0 radical (unpaired) electrons. The van der Waals surface area contributed by atoms with Crippen LogP contribution in [0.2, 0.25) is 0 Å². The Labute approximate surface area is 117 Å². The highest BCUT2D eigenvalue weighted by Gasteiger charge is 2.28. The highest BCUT2D eigenvalue weighted by atomic mass is 16.3. The maximum Gasteiger partial charge on any atom is 0.223 e. The Bertz CT molecular complexity index is 282. The highest BCUT2D eigenvalue weighted by molar-refractivity contribution is 5.78. The van der Waals surface area contributed by atoms with Crippen LogP contribution in [0.1, 0.15) is 52.9 Å². The zero-order valence-electron chi connectivity index (χ0n) is 12.6. The van der Waals surface area contributed by atoms with E-state index in [-0.39, 0.29) is 11.8 Å². The number of nitrogens with one attached hydrogen (secondary N) is 1. The Morgan fingerprint density at radius 3 is 2.42 bits per heavy atom. The average molecular weight is 270 g/mol. The Morgan fingerprint density at radius 2 is 1.95 bits per heavy atom. The van der Waals surface area contributed by atoms with Crippen molar-refractivity contribution in [1.29, 1.82) is 0 Å². The maximum absolute atomic E-state index is 12.1.